The number of aromatic amines is 1. The van der Waals surface area contributed by atoms with E-state index in [4.69, 9.17) is 30.0 Å². The van der Waals surface area contributed by atoms with E-state index in [0.29, 0.717) is 0 Å². The number of phosphoric acid groups is 1. The van der Waals surface area contributed by atoms with Crippen LogP contribution in [0.2, 0.25) is 0 Å². The highest BCUT2D eigenvalue weighted by atomic mass is 31.2. The summed E-state index contributed by atoms with van der Waals surface area (Å²) in [7, 11) is -5.08. The smallest absolute Gasteiger partial charge is 0.394 e. The SMILES string of the molecule is N.Nc1ccn([C@@H]2O[C@H](CO)[C@@H](O)[C@H]2OP(=O)(O)OC[C@H]2O[C@@H](n3cnc4c(=O)[nH]c(N)nc43)[C@H](O)[C@@H]2O)c(=O)n1. The molecule has 5 rings (SSSR count). The number of nitrogen functional groups attached to an aromatic ring is 2. The summed E-state index contributed by atoms with van der Waals surface area (Å²) in [6, 6.07) is 1.24. The molecule has 2 aliphatic rings. The van der Waals surface area contributed by atoms with E-state index in [1.807, 2.05) is 0 Å². The Morgan fingerprint density at radius 2 is 1.76 bits per heavy atom. The van der Waals surface area contributed by atoms with Crippen molar-refractivity contribution in [2.24, 2.45) is 0 Å². The van der Waals surface area contributed by atoms with Crippen molar-refractivity contribution in [1.82, 2.24) is 35.2 Å². The van der Waals surface area contributed by atoms with E-state index in [1.54, 1.807) is 0 Å². The summed E-state index contributed by atoms with van der Waals surface area (Å²) in [4.78, 5) is 48.3. The first kappa shape index (κ1) is 30.6. The molecule has 3 aromatic rings. The van der Waals surface area contributed by atoms with Crippen LogP contribution in [0.25, 0.3) is 11.2 Å². The molecule has 0 spiro atoms. The zero-order valence-corrected chi connectivity index (χ0v) is 21.8. The van der Waals surface area contributed by atoms with Crippen LogP contribution in [0.1, 0.15) is 12.5 Å². The van der Waals surface area contributed by atoms with Crippen LogP contribution in [0.5, 0.6) is 0 Å². The number of H-pyrrole nitrogens is 1. The molecule has 0 saturated carbocycles. The Bertz CT molecular complexity index is 1560. The van der Waals surface area contributed by atoms with Crippen LogP contribution in [-0.4, -0.2) is 104 Å². The molecule has 9 atom stereocenters. The Morgan fingerprint density at radius 1 is 1.05 bits per heavy atom. The fraction of sp³-hybridized carbons (Fsp3) is 0.526. The molecule has 13 N–H and O–H groups in total. The van der Waals surface area contributed by atoms with Crippen molar-refractivity contribution in [3.63, 3.8) is 0 Å². The van der Waals surface area contributed by atoms with E-state index in [9.17, 15) is 39.5 Å². The first-order chi connectivity index (χ1) is 18.9. The zero-order valence-electron chi connectivity index (χ0n) is 20.9. The van der Waals surface area contributed by atoms with Crippen molar-refractivity contribution in [3.05, 3.63) is 39.4 Å². The van der Waals surface area contributed by atoms with Crippen molar-refractivity contribution in [2.45, 2.75) is 49.1 Å². The highest BCUT2D eigenvalue weighted by molar-refractivity contribution is 7.47. The average Bonchev–Trinajstić information content (AvgIpc) is 3.53. The second-order valence-corrected chi connectivity index (χ2v) is 10.3. The number of nitrogens with one attached hydrogen (secondary N) is 1. The molecule has 21 nitrogen and oxygen atoms in total. The molecule has 2 saturated heterocycles. The molecule has 0 amide bonds. The van der Waals surface area contributed by atoms with Gasteiger partial charge in [0.1, 0.15) is 42.4 Å². The van der Waals surface area contributed by atoms with Crippen LogP contribution in [0.4, 0.5) is 11.8 Å². The average molecular weight is 605 g/mol. The maximum absolute atomic E-state index is 12.8. The summed E-state index contributed by atoms with van der Waals surface area (Å²) >= 11 is 0. The Hall–Kier alpha value is -3.34. The third kappa shape index (κ3) is 5.73. The van der Waals surface area contributed by atoms with E-state index in [2.05, 4.69) is 19.9 Å². The summed E-state index contributed by atoms with van der Waals surface area (Å²) in [5.74, 6) is -0.347. The minimum absolute atomic E-state index is 0. The number of phosphoric ester groups is 1. The number of aromatic nitrogens is 6. The van der Waals surface area contributed by atoms with Gasteiger partial charge in [-0.1, -0.05) is 0 Å². The lowest BCUT2D eigenvalue weighted by Crippen LogP contribution is -2.38. The summed E-state index contributed by atoms with van der Waals surface area (Å²) < 4.78 is 35.9. The molecule has 1 unspecified atom stereocenters. The quantitative estimate of drug-likeness (QED) is 0.111. The summed E-state index contributed by atoms with van der Waals surface area (Å²) in [5.41, 5.74) is 9.30. The van der Waals surface area contributed by atoms with Gasteiger partial charge in [-0.3, -0.25) is 28.0 Å². The maximum atomic E-state index is 12.8. The lowest BCUT2D eigenvalue weighted by atomic mass is 10.1. The molecule has 0 aromatic carbocycles. The van der Waals surface area contributed by atoms with Crippen molar-refractivity contribution in [3.8, 4) is 0 Å². The van der Waals surface area contributed by atoms with Crippen LogP contribution in [-0.2, 0) is 23.1 Å². The second-order valence-electron chi connectivity index (χ2n) is 8.94. The predicted octanol–water partition coefficient (Wildman–Crippen LogP) is -3.93. The first-order valence-electron chi connectivity index (χ1n) is 11.6. The fourth-order valence-electron chi connectivity index (χ4n) is 4.40. The van der Waals surface area contributed by atoms with Crippen molar-refractivity contribution in [2.75, 3.05) is 24.7 Å². The van der Waals surface area contributed by atoms with Crippen LogP contribution in [0, 0.1) is 0 Å². The number of nitrogens with zero attached hydrogens (tertiary/aromatic N) is 5. The molecular weight excluding hydrogens is 577 g/mol. The van der Waals surface area contributed by atoms with E-state index in [-0.39, 0.29) is 29.1 Å². The highest BCUT2D eigenvalue weighted by Gasteiger charge is 2.50. The van der Waals surface area contributed by atoms with Gasteiger partial charge in [0.2, 0.25) is 5.95 Å². The van der Waals surface area contributed by atoms with Gasteiger partial charge in [-0.05, 0) is 6.07 Å². The minimum atomic E-state index is -5.08. The van der Waals surface area contributed by atoms with Gasteiger partial charge >= 0.3 is 13.5 Å². The molecule has 2 aliphatic heterocycles. The zero-order chi connectivity index (χ0) is 28.9. The van der Waals surface area contributed by atoms with Gasteiger partial charge in [-0.25, -0.2) is 14.3 Å². The number of hydrogen-bond acceptors (Lipinski definition) is 17. The van der Waals surface area contributed by atoms with Crippen LogP contribution in [0.3, 0.4) is 0 Å². The second kappa shape index (κ2) is 11.5. The van der Waals surface area contributed by atoms with Crippen molar-refractivity contribution in [1.29, 1.82) is 0 Å². The Labute approximate surface area is 228 Å². The van der Waals surface area contributed by atoms with Crippen molar-refractivity contribution >= 4 is 30.8 Å². The number of nitrogens with two attached hydrogens (primary N) is 2. The van der Waals surface area contributed by atoms with E-state index >= 15 is 0 Å². The molecule has 22 heteroatoms. The molecule has 0 bridgehead atoms. The molecule has 2 fully saturated rings. The highest BCUT2D eigenvalue weighted by Crippen LogP contribution is 2.49. The number of aliphatic hydroxyl groups excluding tert-OH is 4. The third-order valence-electron chi connectivity index (χ3n) is 6.34. The lowest BCUT2D eigenvalue weighted by molar-refractivity contribution is -0.0635. The molecule has 41 heavy (non-hydrogen) atoms. The number of anilines is 2. The van der Waals surface area contributed by atoms with E-state index in [1.165, 1.54) is 6.07 Å². The predicted molar refractivity (Wildman–Crippen MR) is 134 cm³/mol. The minimum Gasteiger partial charge on any atom is -0.394 e. The molecular formula is C19H28N9O12P. The van der Waals surface area contributed by atoms with Gasteiger partial charge in [0.25, 0.3) is 5.56 Å². The Kier molecular flexibility index (Phi) is 8.59. The molecule has 3 aromatic heterocycles. The fourth-order valence-corrected chi connectivity index (χ4v) is 5.34. The number of rotatable bonds is 8. The van der Waals surface area contributed by atoms with E-state index in [0.717, 1.165) is 21.7 Å². The normalized spacial score (nSPS) is 31.2. The van der Waals surface area contributed by atoms with Gasteiger partial charge in [0, 0.05) is 6.20 Å². The number of imidazole rings is 1. The van der Waals surface area contributed by atoms with Gasteiger partial charge in [-0.2, -0.15) is 9.97 Å². The van der Waals surface area contributed by atoms with Gasteiger partial charge in [-0.15, -0.1) is 0 Å². The third-order valence-corrected chi connectivity index (χ3v) is 7.32. The number of fused-ring (bicyclic) bond motifs is 1. The first-order valence-corrected chi connectivity index (χ1v) is 13.1. The van der Waals surface area contributed by atoms with Gasteiger partial charge in [0.15, 0.2) is 23.6 Å². The summed E-state index contributed by atoms with van der Waals surface area (Å²) in [5, 5.41) is 41.0. The largest absolute Gasteiger partial charge is 0.472 e. The Morgan fingerprint density at radius 3 is 2.44 bits per heavy atom. The standard InChI is InChI=1S/C19H25N8O12P.H3N/c20-8-1-2-26(19(33)23-8)17-13(11(30)6(3-28)37-17)39-40(34,35)36-4-7-10(29)12(31)16(38-7)27-5-22-9-14(27)24-18(21)25-15(9)32;/h1-2,5-7,10-13,16-17,28-31H,3-4H2,(H,34,35)(H2,20,23,33)(H3,21,24,25,32);1H3/t6-,7-,10-,11-,12-,13-,16-,17-;/m1./s1. The Balaban J connectivity index is 0.00000387. The lowest BCUT2D eigenvalue weighted by Gasteiger charge is -2.25. The number of hydrogen-bond donors (Lipinski definition) is 9. The summed E-state index contributed by atoms with van der Waals surface area (Å²) in [6.07, 6.45) is -9.89. The van der Waals surface area contributed by atoms with Gasteiger partial charge < -0.3 is 52.4 Å². The van der Waals surface area contributed by atoms with Crippen LogP contribution >= 0.6 is 7.82 Å². The molecule has 0 aliphatic carbocycles. The van der Waals surface area contributed by atoms with Gasteiger partial charge in [0.05, 0.1) is 19.5 Å². The molecule has 226 valence electrons. The van der Waals surface area contributed by atoms with E-state index < -0.39 is 81.4 Å². The molecule has 5 heterocycles. The number of ether oxygens (including phenoxy) is 2. The van der Waals surface area contributed by atoms with Crippen LogP contribution < -0.4 is 28.9 Å². The van der Waals surface area contributed by atoms with Crippen LogP contribution in [0.15, 0.2) is 28.2 Å². The number of aliphatic hydroxyl groups is 4. The monoisotopic (exact) mass is 605 g/mol. The maximum Gasteiger partial charge on any atom is 0.472 e. The molecule has 0 radical (unpaired) electrons. The van der Waals surface area contributed by atoms with Crippen molar-refractivity contribution < 1.29 is 48.4 Å². The topological polar surface area (TPSA) is 341 Å². The summed E-state index contributed by atoms with van der Waals surface area (Å²) in [6.45, 7) is -1.52.